The quantitative estimate of drug-likeness (QED) is 0.884. The number of aromatic nitrogens is 3. The lowest BCUT2D eigenvalue weighted by Gasteiger charge is -2.22. The average molecular weight is 288 g/mol. The summed E-state index contributed by atoms with van der Waals surface area (Å²) in [4.78, 5) is 8.86. The largest absolute Gasteiger partial charge is 0.339 e. The third-order valence-electron chi connectivity index (χ3n) is 3.73. The van der Waals surface area contributed by atoms with Crippen LogP contribution in [0.3, 0.4) is 0 Å². The van der Waals surface area contributed by atoms with Gasteiger partial charge in [-0.1, -0.05) is 25.1 Å². The normalized spacial score (nSPS) is 11.9. The molecule has 5 nitrogen and oxygen atoms in total. The molecule has 2 aromatic heterocycles. The van der Waals surface area contributed by atoms with Crippen molar-refractivity contribution in [1.82, 2.24) is 15.1 Å². The van der Waals surface area contributed by atoms with E-state index in [0.717, 1.165) is 36.1 Å². The van der Waals surface area contributed by atoms with Gasteiger partial charge in [-0.05, 0) is 49.8 Å². The highest BCUT2D eigenvalue weighted by atomic mass is 16.5. The second-order valence-corrected chi connectivity index (χ2v) is 6.39. The van der Waals surface area contributed by atoms with E-state index in [1.54, 1.807) is 0 Å². The van der Waals surface area contributed by atoms with E-state index < -0.39 is 0 Å². The topological polar surface area (TPSA) is 77.8 Å². The van der Waals surface area contributed by atoms with Gasteiger partial charge in [-0.15, -0.1) is 0 Å². The summed E-state index contributed by atoms with van der Waals surface area (Å²) < 4.78 is 5.35. The van der Waals surface area contributed by atoms with Gasteiger partial charge in [-0.25, -0.2) is 0 Å². The first-order valence-corrected chi connectivity index (χ1v) is 7.37. The van der Waals surface area contributed by atoms with Gasteiger partial charge in [-0.3, -0.25) is 4.98 Å². The number of hydrogen-bond donors (Lipinski definition) is 1. The monoisotopic (exact) mass is 288 g/mol. The van der Waals surface area contributed by atoms with E-state index in [4.69, 9.17) is 10.3 Å². The molecular formula is C16H24N4O. The van der Waals surface area contributed by atoms with Crippen molar-refractivity contribution < 1.29 is 4.52 Å². The van der Waals surface area contributed by atoms with Crippen LogP contribution in [0, 0.1) is 19.3 Å². The molecule has 2 N–H and O–H groups in total. The Bertz CT molecular complexity index is 604. The SMILES string of the molecule is Cc1cnc(-c2noc(CCC(C)(C)CCN)n2)c(C)c1. The molecule has 2 rings (SSSR count). The zero-order valence-electron chi connectivity index (χ0n) is 13.3. The van der Waals surface area contributed by atoms with Gasteiger partial charge in [0.25, 0.3) is 0 Å². The van der Waals surface area contributed by atoms with E-state index in [1.165, 1.54) is 0 Å². The van der Waals surface area contributed by atoms with E-state index in [0.29, 0.717) is 18.3 Å². The molecule has 21 heavy (non-hydrogen) atoms. The lowest BCUT2D eigenvalue weighted by molar-refractivity contribution is 0.289. The summed E-state index contributed by atoms with van der Waals surface area (Å²) in [6, 6.07) is 2.07. The zero-order chi connectivity index (χ0) is 15.5. The Labute approximate surface area is 126 Å². The van der Waals surface area contributed by atoms with Gasteiger partial charge in [0.05, 0.1) is 0 Å². The maximum absolute atomic E-state index is 5.63. The van der Waals surface area contributed by atoms with Gasteiger partial charge in [0.1, 0.15) is 5.69 Å². The fraction of sp³-hybridized carbons (Fsp3) is 0.562. The predicted octanol–water partition coefficient (Wildman–Crippen LogP) is 3.06. The van der Waals surface area contributed by atoms with Gasteiger partial charge in [0.2, 0.25) is 11.7 Å². The third kappa shape index (κ3) is 4.11. The first kappa shape index (κ1) is 15.6. The van der Waals surface area contributed by atoms with Crippen molar-refractivity contribution in [3.05, 3.63) is 29.3 Å². The van der Waals surface area contributed by atoms with Gasteiger partial charge < -0.3 is 10.3 Å². The molecule has 0 aliphatic carbocycles. The minimum Gasteiger partial charge on any atom is -0.339 e. The Morgan fingerprint density at radius 2 is 2.00 bits per heavy atom. The number of rotatable bonds is 6. The Kier molecular flexibility index (Phi) is 4.73. The molecule has 0 saturated heterocycles. The minimum absolute atomic E-state index is 0.196. The second kappa shape index (κ2) is 6.35. The van der Waals surface area contributed by atoms with Crippen LogP contribution in [0.4, 0.5) is 0 Å². The van der Waals surface area contributed by atoms with Crippen LogP contribution in [0.1, 0.15) is 43.7 Å². The van der Waals surface area contributed by atoms with E-state index in [-0.39, 0.29) is 5.41 Å². The van der Waals surface area contributed by atoms with Crippen molar-refractivity contribution in [1.29, 1.82) is 0 Å². The maximum atomic E-state index is 5.63. The van der Waals surface area contributed by atoms with Crippen molar-refractivity contribution in [3.8, 4) is 11.5 Å². The number of nitrogens with zero attached hydrogens (tertiary/aromatic N) is 3. The minimum atomic E-state index is 0.196. The zero-order valence-corrected chi connectivity index (χ0v) is 13.3. The summed E-state index contributed by atoms with van der Waals surface area (Å²) in [6.45, 7) is 9.15. The summed E-state index contributed by atoms with van der Waals surface area (Å²) in [6.07, 6.45) is 4.56. The van der Waals surface area contributed by atoms with Crippen molar-refractivity contribution in [2.24, 2.45) is 11.1 Å². The highest BCUT2D eigenvalue weighted by Gasteiger charge is 2.19. The predicted molar refractivity (Wildman–Crippen MR) is 82.8 cm³/mol. The van der Waals surface area contributed by atoms with E-state index >= 15 is 0 Å². The van der Waals surface area contributed by atoms with Crippen molar-refractivity contribution >= 4 is 0 Å². The first-order valence-electron chi connectivity index (χ1n) is 7.37. The Balaban J connectivity index is 2.08. The van der Waals surface area contributed by atoms with Crippen LogP contribution in [0.5, 0.6) is 0 Å². The highest BCUT2D eigenvalue weighted by molar-refractivity contribution is 5.53. The molecule has 2 heterocycles. The van der Waals surface area contributed by atoms with Crippen LogP contribution < -0.4 is 5.73 Å². The fourth-order valence-electron chi connectivity index (χ4n) is 2.36. The summed E-state index contributed by atoms with van der Waals surface area (Å²) in [7, 11) is 0. The van der Waals surface area contributed by atoms with E-state index in [1.807, 2.05) is 20.0 Å². The van der Waals surface area contributed by atoms with Crippen LogP contribution in [0.25, 0.3) is 11.5 Å². The second-order valence-electron chi connectivity index (χ2n) is 6.39. The van der Waals surface area contributed by atoms with Gasteiger partial charge in [-0.2, -0.15) is 4.98 Å². The molecule has 0 aliphatic rings. The fourth-order valence-corrected chi connectivity index (χ4v) is 2.36. The lowest BCUT2D eigenvalue weighted by atomic mass is 9.84. The molecule has 114 valence electrons. The number of nitrogens with two attached hydrogens (primary N) is 1. The van der Waals surface area contributed by atoms with Crippen LogP contribution in [-0.2, 0) is 6.42 Å². The van der Waals surface area contributed by atoms with E-state index in [2.05, 4.69) is 35.0 Å². The molecule has 0 unspecified atom stereocenters. The molecule has 0 aliphatic heterocycles. The first-order chi connectivity index (χ1) is 9.91. The Morgan fingerprint density at radius 3 is 2.67 bits per heavy atom. The molecule has 0 atom stereocenters. The van der Waals surface area contributed by atoms with Crippen LogP contribution in [-0.4, -0.2) is 21.7 Å². The van der Waals surface area contributed by atoms with Gasteiger partial charge in [0, 0.05) is 12.6 Å². The molecule has 0 aromatic carbocycles. The van der Waals surface area contributed by atoms with Crippen LogP contribution >= 0.6 is 0 Å². The third-order valence-corrected chi connectivity index (χ3v) is 3.73. The molecule has 5 heteroatoms. The number of hydrogen-bond acceptors (Lipinski definition) is 5. The summed E-state index contributed by atoms with van der Waals surface area (Å²) in [5.41, 5.74) is 8.81. The lowest BCUT2D eigenvalue weighted by Crippen LogP contribution is -2.17. The van der Waals surface area contributed by atoms with E-state index in [9.17, 15) is 0 Å². The number of aryl methyl sites for hydroxylation is 3. The summed E-state index contributed by atoms with van der Waals surface area (Å²) in [5.74, 6) is 1.23. The van der Waals surface area contributed by atoms with Crippen LogP contribution in [0.15, 0.2) is 16.8 Å². The molecule has 0 amide bonds. The van der Waals surface area contributed by atoms with Gasteiger partial charge in [0.15, 0.2) is 0 Å². The molecular weight excluding hydrogens is 264 g/mol. The Morgan fingerprint density at radius 1 is 1.24 bits per heavy atom. The van der Waals surface area contributed by atoms with Crippen LogP contribution in [0.2, 0.25) is 0 Å². The summed E-state index contributed by atoms with van der Waals surface area (Å²) in [5, 5.41) is 4.05. The molecule has 0 radical (unpaired) electrons. The molecule has 0 fully saturated rings. The molecule has 2 aromatic rings. The highest BCUT2D eigenvalue weighted by Crippen LogP contribution is 2.26. The van der Waals surface area contributed by atoms with Crippen molar-refractivity contribution in [2.75, 3.05) is 6.54 Å². The smallest absolute Gasteiger partial charge is 0.227 e. The van der Waals surface area contributed by atoms with Crippen molar-refractivity contribution in [3.63, 3.8) is 0 Å². The maximum Gasteiger partial charge on any atom is 0.227 e. The standard InChI is InChI=1S/C16H24N4O/c1-11-9-12(2)14(18-10-11)15-19-13(21-20-15)5-6-16(3,4)7-8-17/h9-10H,5-8,17H2,1-4H3. The molecule has 0 saturated carbocycles. The Hall–Kier alpha value is -1.75. The van der Waals surface area contributed by atoms with Gasteiger partial charge >= 0.3 is 0 Å². The molecule has 0 spiro atoms. The number of pyridine rings is 1. The molecule has 0 bridgehead atoms. The summed E-state index contributed by atoms with van der Waals surface area (Å²) >= 11 is 0. The average Bonchev–Trinajstić information content (AvgIpc) is 2.85. The van der Waals surface area contributed by atoms with Crippen molar-refractivity contribution in [2.45, 2.75) is 47.0 Å².